The second-order valence-corrected chi connectivity index (χ2v) is 3.91. The van der Waals surface area contributed by atoms with Crippen molar-refractivity contribution in [2.45, 2.75) is 25.8 Å². The normalized spacial score (nSPS) is 11.9. The third kappa shape index (κ3) is 4.14. The molecular formula is C12H16N2O4. The number of pyridine rings is 1. The van der Waals surface area contributed by atoms with Gasteiger partial charge in [-0.25, -0.2) is 4.79 Å². The molecule has 1 aromatic rings. The highest BCUT2D eigenvalue weighted by atomic mass is 16.4. The van der Waals surface area contributed by atoms with Gasteiger partial charge in [-0.1, -0.05) is 6.07 Å². The largest absolute Gasteiger partial charge is 0.480 e. The van der Waals surface area contributed by atoms with E-state index < -0.39 is 17.9 Å². The monoisotopic (exact) mass is 252 g/mol. The molecule has 1 rings (SSSR count). The Bertz CT molecular complexity index is 434. The molecule has 6 nitrogen and oxygen atoms in total. The van der Waals surface area contributed by atoms with E-state index in [1.165, 1.54) is 0 Å². The van der Waals surface area contributed by atoms with Crippen LogP contribution in [0.3, 0.4) is 0 Å². The lowest BCUT2D eigenvalue weighted by Crippen LogP contribution is -2.42. The fourth-order valence-corrected chi connectivity index (χ4v) is 1.49. The van der Waals surface area contributed by atoms with Gasteiger partial charge in [0.05, 0.1) is 12.1 Å². The minimum absolute atomic E-state index is 0.0116. The molecule has 0 aliphatic heterocycles. The highest BCUT2D eigenvalue weighted by molar-refractivity contribution is 5.84. The molecule has 0 fully saturated rings. The van der Waals surface area contributed by atoms with Crippen LogP contribution < -0.4 is 5.32 Å². The summed E-state index contributed by atoms with van der Waals surface area (Å²) in [5, 5.41) is 19.9. The summed E-state index contributed by atoms with van der Waals surface area (Å²) < 4.78 is 0. The predicted molar refractivity (Wildman–Crippen MR) is 63.9 cm³/mol. The summed E-state index contributed by atoms with van der Waals surface area (Å²) in [5.41, 5.74) is 1.49. The first kappa shape index (κ1) is 14.1. The Morgan fingerprint density at radius 1 is 1.50 bits per heavy atom. The van der Waals surface area contributed by atoms with Crippen molar-refractivity contribution in [3.8, 4) is 0 Å². The smallest absolute Gasteiger partial charge is 0.326 e. The molecule has 18 heavy (non-hydrogen) atoms. The zero-order valence-electron chi connectivity index (χ0n) is 10.1. The Hall–Kier alpha value is -1.95. The van der Waals surface area contributed by atoms with Crippen LogP contribution >= 0.6 is 0 Å². The molecule has 1 atom stereocenters. The molecule has 1 heterocycles. The van der Waals surface area contributed by atoms with Gasteiger partial charge in [0.2, 0.25) is 5.91 Å². The average Bonchev–Trinajstić information content (AvgIpc) is 2.31. The van der Waals surface area contributed by atoms with Gasteiger partial charge in [-0.15, -0.1) is 0 Å². The molecule has 0 saturated carbocycles. The van der Waals surface area contributed by atoms with E-state index in [1.807, 2.05) is 13.0 Å². The summed E-state index contributed by atoms with van der Waals surface area (Å²) in [6.07, 6.45) is 1.60. The summed E-state index contributed by atoms with van der Waals surface area (Å²) in [5.74, 6) is -1.58. The number of nitrogens with zero attached hydrogens (tertiary/aromatic N) is 1. The number of hydrogen-bond acceptors (Lipinski definition) is 4. The fourth-order valence-electron chi connectivity index (χ4n) is 1.49. The highest BCUT2D eigenvalue weighted by Crippen LogP contribution is 2.04. The number of carbonyl (C=O) groups excluding carboxylic acids is 1. The van der Waals surface area contributed by atoms with Crippen molar-refractivity contribution >= 4 is 11.9 Å². The number of hydrogen-bond donors (Lipinski definition) is 3. The molecule has 1 aromatic heterocycles. The SMILES string of the molecule is Cc1cccnc1CC(=O)N[C@@H](CCO)C(=O)O. The van der Waals surface area contributed by atoms with Crippen LogP contribution in [-0.4, -0.2) is 39.7 Å². The second kappa shape index (κ2) is 6.70. The molecule has 0 spiro atoms. The first-order valence-corrected chi connectivity index (χ1v) is 5.58. The number of rotatable bonds is 6. The van der Waals surface area contributed by atoms with Crippen LogP contribution in [0, 0.1) is 6.92 Å². The number of nitrogens with one attached hydrogen (secondary N) is 1. The number of carboxylic acids is 1. The summed E-state index contributed by atoms with van der Waals surface area (Å²) in [6.45, 7) is 1.54. The quantitative estimate of drug-likeness (QED) is 0.655. The van der Waals surface area contributed by atoms with E-state index in [-0.39, 0.29) is 19.4 Å². The van der Waals surface area contributed by atoms with Crippen molar-refractivity contribution in [2.24, 2.45) is 0 Å². The van der Waals surface area contributed by atoms with Crippen molar-refractivity contribution in [2.75, 3.05) is 6.61 Å². The Morgan fingerprint density at radius 3 is 2.78 bits per heavy atom. The average molecular weight is 252 g/mol. The molecule has 0 aromatic carbocycles. The first-order valence-electron chi connectivity index (χ1n) is 5.58. The molecule has 0 saturated heterocycles. The van der Waals surface area contributed by atoms with Crippen LogP contribution in [0.25, 0.3) is 0 Å². The maximum Gasteiger partial charge on any atom is 0.326 e. The van der Waals surface area contributed by atoms with E-state index in [9.17, 15) is 9.59 Å². The zero-order chi connectivity index (χ0) is 13.5. The van der Waals surface area contributed by atoms with Gasteiger partial charge in [0.15, 0.2) is 0 Å². The molecule has 98 valence electrons. The van der Waals surface area contributed by atoms with Gasteiger partial charge in [0.25, 0.3) is 0 Å². The molecule has 0 unspecified atom stereocenters. The molecular weight excluding hydrogens is 236 g/mol. The molecule has 0 aliphatic carbocycles. The van der Waals surface area contributed by atoms with Crippen LogP contribution in [0.4, 0.5) is 0 Å². The molecule has 0 radical (unpaired) electrons. The van der Waals surface area contributed by atoms with E-state index in [1.54, 1.807) is 12.3 Å². The Kier molecular flexibility index (Phi) is 5.26. The minimum Gasteiger partial charge on any atom is -0.480 e. The van der Waals surface area contributed by atoms with Crippen molar-refractivity contribution in [1.82, 2.24) is 10.3 Å². The van der Waals surface area contributed by atoms with Crippen LogP contribution in [-0.2, 0) is 16.0 Å². The van der Waals surface area contributed by atoms with E-state index >= 15 is 0 Å². The molecule has 6 heteroatoms. The van der Waals surface area contributed by atoms with E-state index in [0.29, 0.717) is 5.69 Å². The number of carboxylic acid groups (broad SMARTS) is 1. The van der Waals surface area contributed by atoms with Gasteiger partial charge in [0, 0.05) is 19.2 Å². The van der Waals surface area contributed by atoms with Gasteiger partial charge < -0.3 is 15.5 Å². The fraction of sp³-hybridized carbons (Fsp3) is 0.417. The van der Waals surface area contributed by atoms with Gasteiger partial charge in [-0.2, -0.15) is 0 Å². The van der Waals surface area contributed by atoms with E-state index in [4.69, 9.17) is 10.2 Å². The Balaban J connectivity index is 2.61. The van der Waals surface area contributed by atoms with Crippen LogP contribution in [0.15, 0.2) is 18.3 Å². The summed E-state index contributed by atoms with van der Waals surface area (Å²) in [7, 11) is 0. The van der Waals surface area contributed by atoms with Gasteiger partial charge in [-0.3, -0.25) is 9.78 Å². The van der Waals surface area contributed by atoms with E-state index in [0.717, 1.165) is 5.56 Å². The number of aliphatic hydroxyl groups excluding tert-OH is 1. The van der Waals surface area contributed by atoms with Crippen molar-refractivity contribution in [3.63, 3.8) is 0 Å². The zero-order valence-corrected chi connectivity index (χ0v) is 10.1. The van der Waals surface area contributed by atoms with Crippen LogP contribution in [0.2, 0.25) is 0 Å². The third-order valence-electron chi connectivity index (χ3n) is 2.50. The minimum atomic E-state index is -1.16. The lowest BCUT2D eigenvalue weighted by Gasteiger charge is -2.13. The van der Waals surface area contributed by atoms with Crippen molar-refractivity contribution in [1.29, 1.82) is 0 Å². The van der Waals surface area contributed by atoms with Crippen molar-refractivity contribution < 1.29 is 19.8 Å². The first-order chi connectivity index (χ1) is 8.54. The lowest BCUT2D eigenvalue weighted by molar-refractivity contribution is -0.142. The van der Waals surface area contributed by atoms with Gasteiger partial charge >= 0.3 is 5.97 Å². The predicted octanol–water partition coefficient (Wildman–Crippen LogP) is -0.116. The topological polar surface area (TPSA) is 99.5 Å². The van der Waals surface area contributed by atoms with E-state index in [2.05, 4.69) is 10.3 Å². The maximum atomic E-state index is 11.7. The molecule has 0 bridgehead atoms. The lowest BCUT2D eigenvalue weighted by atomic mass is 10.1. The second-order valence-electron chi connectivity index (χ2n) is 3.91. The standard InChI is InChI=1S/C12H16N2O4/c1-8-3-2-5-13-10(8)7-11(16)14-9(4-6-15)12(17)18/h2-3,5,9,15H,4,6-7H2,1H3,(H,14,16)(H,17,18)/t9-/m0/s1. The van der Waals surface area contributed by atoms with Crippen LogP contribution in [0.1, 0.15) is 17.7 Å². The van der Waals surface area contributed by atoms with Crippen molar-refractivity contribution in [3.05, 3.63) is 29.6 Å². The number of aliphatic hydroxyl groups is 1. The number of aryl methyl sites for hydroxylation is 1. The molecule has 1 amide bonds. The van der Waals surface area contributed by atoms with Gasteiger partial charge in [-0.05, 0) is 18.6 Å². The van der Waals surface area contributed by atoms with Crippen LogP contribution in [0.5, 0.6) is 0 Å². The summed E-state index contributed by atoms with van der Waals surface area (Å²) in [4.78, 5) is 26.5. The molecule has 3 N–H and O–H groups in total. The number of aliphatic carboxylic acids is 1. The Morgan fingerprint density at radius 2 is 2.22 bits per heavy atom. The van der Waals surface area contributed by atoms with Gasteiger partial charge in [0.1, 0.15) is 6.04 Å². The highest BCUT2D eigenvalue weighted by Gasteiger charge is 2.19. The third-order valence-corrected chi connectivity index (χ3v) is 2.50. The maximum absolute atomic E-state index is 11.7. The summed E-state index contributed by atoms with van der Waals surface area (Å²) >= 11 is 0. The molecule has 0 aliphatic rings. The number of aromatic nitrogens is 1. The Labute approximate surface area is 105 Å². The number of carbonyl (C=O) groups is 2. The summed E-state index contributed by atoms with van der Waals surface area (Å²) in [6, 6.07) is 2.53. The number of amides is 1.